The van der Waals surface area contributed by atoms with Crippen molar-refractivity contribution >= 4 is 36.0 Å². The molecule has 2 saturated heterocycles. The van der Waals surface area contributed by atoms with E-state index in [2.05, 4.69) is 23.5 Å². The number of benzene rings is 1. The number of fused-ring (bicyclic) bond motifs is 2. The molecule has 4 atom stereocenters. The second-order valence-electron chi connectivity index (χ2n) is 6.89. The molecule has 1 aliphatic carbocycles. The smallest absolute Gasteiger partial charge is 0.244 e. The molecule has 4 rings (SSSR count). The molecular weight excluding hydrogens is 358 g/mol. The Labute approximate surface area is 158 Å². The standard InChI is InChI=1S/C18H23N3O2S.ClH/c19-13-8-9-16-21(18(13)23)15(10-24-16)17(22)20-14-7-3-5-11-4-1-2-6-12(11)14;/h1-2,4,6,13-16H,3,5,7-10,19H2,(H,20,22);1H/t13-,14-,15-,16?;/m0./s1. The number of halogens is 1. The number of nitrogens with zero attached hydrogens (tertiary/aromatic N) is 1. The van der Waals surface area contributed by atoms with Gasteiger partial charge in [-0.3, -0.25) is 9.59 Å². The Kier molecular flexibility index (Phi) is 5.61. The van der Waals surface area contributed by atoms with E-state index in [-0.39, 0.29) is 41.7 Å². The highest BCUT2D eigenvalue weighted by molar-refractivity contribution is 8.00. The summed E-state index contributed by atoms with van der Waals surface area (Å²) < 4.78 is 0. The van der Waals surface area contributed by atoms with Crippen molar-refractivity contribution in [1.29, 1.82) is 0 Å². The number of rotatable bonds is 2. The van der Waals surface area contributed by atoms with Crippen LogP contribution in [0.5, 0.6) is 0 Å². The topological polar surface area (TPSA) is 75.4 Å². The number of thioether (sulfide) groups is 1. The zero-order chi connectivity index (χ0) is 16.7. The van der Waals surface area contributed by atoms with Crippen LogP contribution in [0.1, 0.15) is 42.9 Å². The van der Waals surface area contributed by atoms with Crippen LogP contribution < -0.4 is 11.1 Å². The van der Waals surface area contributed by atoms with E-state index < -0.39 is 6.04 Å². The fourth-order valence-corrected chi connectivity index (χ4v) is 5.52. The number of hydrogen-bond acceptors (Lipinski definition) is 4. The number of nitrogens with one attached hydrogen (secondary N) is 1. The maximum Gasteiger partial charge on any atom is 0.244 e. The van der Waals surface area contributed by atoms with Crippen LogP contribution in [0.15, 0.2) is 24.3 Å². The van der Waals surface area contributed by atoms with E-state index in [0.717, 1.165) is 32.1 Å². The van der Waals surface area contributed by atoms with Gasteiger partial charge in [-0.2, -0.15) is 0 Å². The Hall–Kier alpha value is -1.24. The molecule has 1 aromatic carbocycles. The average Bonchev–Trinajstić information content (AvgIpc) is 3.03. The van der Waals surface area contributed by atoms with E-state index in [9.17, 15) is 9.59 Å². The molecule has 25 heavy (non-hydrogen) atoms. The average molecular weight is 382 g/mol. The first-order valence-corrected chi connectivity index (χ1v) is 9.77. The molecule has 2 fully saturated rings. The number of amides is 2. The van der Waals surface area contributed by atoms with Crippen molar-refractivity contribution in [2.75, 3.05) is 5.75 Å². The van der Waals surface area contributed by atoms with E-state index in [1.165, 1.54) is 11.1 Å². The van der Waals surface area contributed by atoms with Crippen LogP contribution in [-0.4, -0.2) is 39.9 Å². The Morgan fingerprint density at radius 1 is 1.24 bits per heavy atom. The van der Waals surface area contributed by atoms with Crippen molar-refractivity contribution in [2.24, 2.45) is 5.73 Å². The first-order chi connectivity index (χ1) is 11.6. The van der Waals surface area contributed by atoms with Crippen molar-refractivity contribution in [3.63, 3.8) is 0 Å². The molecule has 0 spiro atoms. The third kappa shape index (κ3) is 3.39. The van der Waals surface area contributed by atoms with Crippen LogP contribution in [0.25, 0.3) is 0 Å². The molecule has 2 aliphatic heterocycles. The van der Waals surface area contributed by atoms with Crippen LogP contribution in [0.2, 0.25) is 0 Å². The lowest BCUT2D eigenvalue weighted by molar-refractivity contribution is -0.143. The van der Waals surface area contributed by atoms with E-state index in [1.54, 1.807) is 16.7 Å². The maximum absolute atomic E-state index is 12.9. The Morgan fingerprint density at radius 3 is 2.88 bits per heavy atom. The van der Waals surface area contributed by atoms with E-state index in [4.69, 9.17) is 5.73 Å². The summed E-state index contributed by atoms with van der Waals surface area (Å²) in [6, 6.07) is 7.54. The Morgan fingerprint density at radius 2 is 2.04 bits per heavy atom. The summed E-state index contributed by atoms with van der Waals surface area (Å²) >= 11 is 1.70. The van der Waals surface area contributed by atoms with Crippen LogP contribution in [0, 0.1) is 0 Å². The number of hydrogen-bond donors (Lipinski definition) is 2. The monoisotopic (exact) mass is 381 g/mol. The molecule has 7 heteroatoms. The third-order valence-corrected chi connectivity index (χ3v) is 6.73. The van der Waals surface area contributed by atoms with Gasteiger partial charge in [-0.25, -0.2) is 0 Å². The Balaban J connectivity index is 0.00000182. The lowest BCUT2D eigenvalue weighted by Crippen LogP contribution is -2.57. The zero-order valence-electron chi connectivity index (χ0n) is 14.0. The van der Waals surface area contributed by atoms with Gasteiger partial charge in [0.15, 0.2) is 0 Å². The first-order valence-electron chi connectivity index (χ1n) is 8.72. The van der Waals surface area contributed by atoms with Crippen molar-refractivity contribution < 1.29 is 9.59 Å². The molecule has 0 saturated carbocycles. The summed E-state index contributed by atoms with van der Waals surface area (Å²) in [5.74, 6) is 0.568. The molecule has 5 nitrogen and oxygen atoms in total. The lowest BCUT2D eigenvalue weighted by atomic mass is 9.87. The van der Waals surface area contributed by atoms with Gasteiger partial charge >= 0.3 is 0 Å². The van der Waals surface area contributed by atoms with Gasteiger partial charge in [0, 0.05) is 5.75 Å². The number of carbonyl (C=O) groups excluding carboxylic acids is 2. The molecule has 1 unspecified atom stereocenters. The molecule has 0 radical (unpaired) electrons. The van der Waals surface area contributed by atoms with E-state index in [0.29, 0.717) is 5.75 Å². The van der Waals surface area contributed by atoms with Gasteiger partial charge in [-0.1, -0.05) is 24.3 Å². The van der Waals surface area contributed by atoms with E-state index >= 15 is 0 Å². The SMILES string of the molecule is Cl.N[C@H]1CCC2SC[C@@H](C(=O)N[C@H]3CCCc4ccccc43)N2C1=O. The van der Waals surface area contributed by atoms with Gasteiger partial charge < -0.3 is 16.0 Å². The second kappa shape index (κ2) is 7.56. The van der Waals surface area contributed by atoms with Crippen LogP contribution >= 0.6 is 24.2 Å². The normalized spacial score (nSPS) is 30.9. The quantitative estimate of drug-likeness (QED) is 0.821. The second-order valence-corrected chi connectivity index (χ2v) is 8.10. The summed E-state index contributed by atoms with van der Waals surface area (Å²) in [6.07, 6.45) is 4.71. The van der Waals surface area contributed by atoms with Gasteiger partial charge in [0.2, 0.25) is 11.8 Å². The molecule has 2 heterocycles. The molecule has 1 aromatic rings. The molecule has 0 bridgehead atoms. The highest BCUT2D eigenvalue weighted by Crippen LogP contribution is 2.37. The molecular formula is C18H24ClN3O2S. The predicted octanol–water partition coefficient (Wildman–Crippen LogP) is 1.99. The first kappa shape index (κ1) is 18.5. The van der Waals surface area contributed by atoms with Crippen LogP contribution in [0.3, 0.4) is 0 Å². The van der Waals surface area contributed by atoms with Crippen molar-refractivity contribution in [3.8, 4) is 0 Å². The highest BCUT2D eigenvalue weighted by atomic mass is 35.5. The van der Waals surface area contributed by atoms with Gasteiger partial charge in [0.05, 0.1) is 17.5 Å². The minimum absolute atomic E-state index is 0. The summed E-state index contributed by atoms with van der Waals surface area (Å²) in [5.41, 5.74) is 8.46. The fourth-order valence-electron chi connectivity index (χ4n) is 4.09. The van der Waals surface area contributed by atoms with Crippen molar-refractivity contribution in [2.45, 2.75) is 55.6 Å². The third-order valence-electron chi connectivity index (χ3n) is 5.38. The minimum Gasteiger partial charge on any atom is -0.347 e. The summed E-state index contributed by atoms with van der Waals surface area (Å²) in [6.45, 7) is 0. The summed E-state index contributed by atoms with van der Waals surface area (Å²) in [7, 11) is 0. The summed E-state index contributed by atoms with van der Waals surface area (Å²) in [5, 5.41) is 3.32. The van der Waals surface area contributed by atoms with Crippen LogP contribution in [0.4, 0.5) is 0 Å². The summed E-state index contributed by atoms with van der Waals surface area (Å²) in [4.78, 5) is 27.0. The van der Waals surface area contributed by atoms with Gasteiger partial charge in [-0.15, -0.1) is 24.2 Å². The van der Waals surface area contributed by atoms with Crippen molar-refractivity contribution in [3.05, 3.63) is 35.4 Å². The number of nitrogens with two attached hydrogens (primary N) is 1. The fraction of sp³-hybridized carbons (Fsp3) is 0.556. The van der Waals surface area contributed by atoms with Crippen molar-refractivity contribution in [1.82, 2.24) is 10.2 Å². The van der Waals surface area contributed by atoms with Gasteiger partial charge in [0.1, 0.15) is 6.04 Å². The number of aryl methyl sites for hydroxylation is 1. The molecule has 0 aromatic heterocycles. The lowest BCUT2D eigenvalue weighted by Gasteiger charge is -2.36. The minimum atomic E-state index is -0.453. The van der Waals surface area contributed by atoms with Gasteiger partial charge in [0.25, 0.3) is 0 Å². The zero-order valence-corrected chi connectivity index (χ0v) is 15.7. The number of carbonyl (C=O) groups is 2. The Bertz CT molecular complexity index is 671. The molecule has 3 N–H and O–H groups in total. The highest BCUT2D eigenvalue weighted by Gasteiger charge is 2.46. The largest absolute Gasteiger partial charge is 0.347 e. The molecule has 3 aliphatic rings. The molecule has 136 valence electrons. The maximum atomic E-state index is 12.9. The predicted molar refractivity (Wildman–Crippen MR) is 102 cm³/mol. The van der Waals surface area contributed by atoms with Gasteiger partial charge in [-0.05, 0) is 43.2 Å². The van der Waals surface area contributed by atoms with Crippen LogP contribution in [-0.2, 0) is 16.0 Å². The molecule has 2 amide bonds. The number of piperidine rings is 1. The van der Waals surface area contributed by atoms with E-state index in [1.807, 2.05) is 6.07 Å².